The second-order valence-corrected chi connectivity index (χ2v) is 12.0. The van der Waals surface area contributed by atoms with Crippen molar-refractivity contribution in [1.82, 2.24) is 14.7 Å². The van der Waals surface area contributed by atoms with Crippen LogP contribution in [-0.2, 0) is 7.05 Å². The number of aliphatic imine (C=N–C) groups is 1. The highest BCUT2D eigenvalue weighted by atomic mass is 35.5. The SMILES string of the molecule is Cc1c(N2C(=S)NC(=NC(c3ccc(Cl)cc3)c3cccc(Cl)c3)C23CCCCC3)c(=O)n(-c2ccccc2)n1C. The van der Waals surface area contributed by atoms with Gasteiger partial charge in [0.25, 0.3) is 5.56 Å². The molecule has 1 N–H and O–H groups in total. The van der Waals surface area contributed by atoms with Gasteiger partial charge in [0, 0.05) is 17.1 Å². The van der Waals surface area contributed by atoms with Gasteiger partial charge in [-0.15, -0.1) is 0 Å². The summed E-state index contributed by atoms with van der Waals surface area (Å²) in [4.78, 5) is 21.6. The molecule has 210 valence electrons. The fourth-order valence-corrected chi connectivity index (χ4v) is 6.93. The molecule has 1 saturated carbocycles. The lowest BCUT2D eigenvalue weighted by Gasteiger charge is -2.40. The van der Waals surface area contributed by atoms with Crippen molar-refractivity contribution in [2.24, 2.45) is 12.0 Å². The van der Waals surface area contributed by atoms with Gasteiger partial charge in [-0.3, -0.25) is 19.4 Å². The molecule has 2 fully saturated rings. The van der Waals surface area contributed by atoms with E-state index in [0.717, 1.165) is 60.4 Å². The standard InChI is InChI=1S/C32H31Cl2N5OS/c1-21-28(29(40)39(37(21)2)26-12-5-3-6-13-26)38-31(41)36-30(32(38)18-7-4-8-19-32)35-27(22-14-16-24(33)17-15-22)23-10-9-11-25(34)20-23/h3,5-6,9-17,20,27H,4,7-8,18-19H2,1-2H3,(H,35,36,41). The number of aromatic nitrogens is 2. The zero-order valence-electron chi connectivity index (χ0n) is 23.0. The first kappa shape index (κ1) is 27.8. The zero-order valence-corrected chi connectivity index (χ0v) is 25.3. The van der Waals surface area contributed by atoms with Crippen LogP contribution in [0, 0.1) is 6.92 Å². The number of amidine groups is 1. The molecule has 1 saturated heterocycles. The Hall–Kier alpha value is -3.39. The van der Waals surface area contributed by atoms with Crippen LogP contribution < -0.4 is 15.8 Å². The fraction of sp³-hybridized carbons (Fsp3) is 0.281. The van der Waals surface area contributed by atoms with Gasteiger partial charge in [0.05, 0.1) is 11.4 Å². The van der Waals surface area contributed by atoms with Crippen LogP contribution in [0.2, 0.25) is 10.0 Å². The molecule has 1 aromatic heterocycles. The highest BCUT2D eigenvalue weighted by Crippen LogP contribution is 2.42. The first-order valence-corrected chi connectivity index (χ1v) is 15.0. The predicted molar refractivity (Wildman–Crippen MR) is 172 cm³/mol. The molecule has 3 aromatic carbocycles. The number of para-hydroxylation sites is 1. The quantitative estimate of drug-likeness (QED) is 0.242. The Bertz CT molecular complexity index is 1690. The van der Waals surface area contributed by atoms with Crippen molar-refractivity contribution in [3.05, 3.63) is 116 Å². The summed E-state index contributed by atoms with van der Waals surface area (Å²) >= 11 is 18.7. The Morgan fingerprint density at radius 3 is 2.29 bits per heavy atom. The van der Waals surface area contributed by atoms with Crippen molar-refractivity contribution in [2.45, 2.75) is 50.6 Å². The molecule has 4 aromatic rings. The third-order valence-corrected chi connectivity index (χ3v) is 9.11. The van der Waals surface area contributed by atoms with Crippen LogP contribution in [0.25, 0.3) is 5.69 Å². The zero-order chi connectivity index (χ0) is 28.7. The maximum atomic E-state index is 14.2. The van der Waals surface area contributed by atoms with Crippen LogP contribution in [0.3, 0.4) is 0 Å². The highest BCUT2D eigenvalue weighted by Gasteiger charge is 2.52. The van der Waals surface area contributed by atoms with Gasteiger partial charge < -0.3 is 5.32 Å². The summed E-state index contributed by atoms with van der Waals surface area (Å²) in [6, 6.07) is 24.9. The molecule has 0 bridgehead atoms. The molecule has 1 aliphatic heterocycles. The molecule has 2 aliphatic rings. The first-order chi connectivity index (χ1) is 19.8. The summed E-state index contributed by atoms with van der Waals surface area (Å²) in [5, 5.41) is 5.28. The second-order valence-electron chi connectivity index (χ2n) is 10.8. The molecular formula is C32H31Cl2N5OS. The van der Waals surface area contributed by atoms with Gasteiger partial charge in [-0.05, 0) is 79.5 Å². The number of benzene rings is 3. The summed E-state index contributed by atoms with van der Waals surface area (Å²) in [5.41, 5.74) is 3.54. The van der Waals surface area contributed by atoms with Crippen molar-refractivity contribution in [1.29, 1.82) is 0 Å². The minimum absolute atomic E-state index is 0.101. The monoisotopic (exact) mass is 603 g/mol. The number of anilines is 1. The molecule has 1 atom stereocenters. The molecule has 2 heterocycles. The van der Waals surface area contributed by atoms with E-state index in [9.17, 15) is 4.79 Å². The van der Waals surface area contributed by atoms with E-state index in [1.165, 1.54) is 0 Å². The van der Waals surface area contributed by atoms with Crippen LogP contribution >= 0.6 is 35.4 Å². The third-order valence-electron chi connectivity index (χ3n) is 8.33. The highest BCUT2D eigenvalue weighted by molar-refractivity contribution is 7.80. The van der Waals surface area contributed by atoms with Crippen LogP contribution in [0.15, 0.2) is 88.6 Å². The lowest BCUT2D eigenvalue weighted by molar-refractivity contribution is 0.384. The van der Waals surface area contributed by atoms with Gasteiger partial charge in [0.2, 0.25) is 0 Å². The molecule has 6 nitrogen and oxygen atoms in total. The van der Waals surface area contributed by atoms with E-state index < -0.39 is 5.54 Å². The summed E-state index contributed by atoms with van der Waals surface area (Å²) in [5.74, 6) is 0.788. The molecular weight excluding hydrogens is 573 g/mol. The molecule has 9 heteroatoms. The Balaban J connectivity index is 1.53. The number of hydrogen-bond acceptors (Lipinski definition) is 3. The lowest BCUT2D eigenvalue weighted by atomic mass is 9.79. The molecule has 41 heavy (non-hydrogen) atoms. The molecule has 6 rings (SSSR count). The average molecular weight is 605 g/mol. The van der Waals surface area contributed by atoms with Crippen LogP contribution in [0.4, 0.5) is 5.69 Å². The van der Waals surface area contributed by atoms with E-state index in [2.05, 4.69) is 10.2 Å². The maximum Gasteiger partial charge on any atom is 0.295 e. The first-order valence-electron chi connectivity index (χ1n) is 13.8. The van der Waals surface area contributed by atoms with Gasteiger partial charge in [0.15, 0.2) is 5.11 Å². The van der Waals surface area contributed by atoms with Gasteiger partial charge in [0.1, 0.15) is 23.1 Å². The Labute approximate surface area is 255 Å². The Kier molecular flexibility index (Phi) is 7.53. The van der Waals surface area contributed by atoms with Gasteiger partial charge in [-0.2, -0.15) is 0 Å². The largest absolute Gasteiger partial charge is 0.319 e. The predicted octanol–water partition coefficient (Wildman–Crippen LogP) is 7.38. The van der Waals surface area contributed by atoms with Crippen LogP contribution in [0.5, 0.6) is 0 Å². The van der Waals surface area contributed by atoms with Gasteiger partial charge >= 0.3 is 0 Å². The topological polar surface area (TPSA) is 54.6 Å². The van der Waals surface area contributed by atoms with E-state index in [1.807, 2.05) is 97.5 Å². The normalized spacial score (nSPS) is 18.2. The third kappa shape index (κ3) is 4.90. The van der Waals surface area contributed by atoms with E-state index in [0.29, 0.717) is 20.8 Å². The van der Waals surface area contributed by atoms with E-state index >= 15 is 0 Å². The van der Waals surface area contributed by atoms with Crippen LogP contribution in [-0.4, -0.2) is 25.9 Å². The minimum atomic E-state index is -0.557. The number of hydrogen-bond donors (Lipinski definition) is 1. The molecule has 0 amide bonds. The van der Waals surface area contributed by atoms with E-state index in [-0.39, 0.29) is 11.6 Å². The summed E-state index contributed by atoms with van der Waals surface area (Å²) in [6.45, 7) is 1.98. The summed E-state index contributed by atoms with van der Waals surface area (Å²) < 4.78 is 3.62. The fourth-order valence-electron chi connectivity index (χ4n) is 6.24. The van der Waals surface area contributed by atoms with Crippen molar-refractivity contribution in [3.63, 3.8) is 0 Å². The number of rotatable bonds is 5. The Morgan fingerprint density at radius 1 is 0.902 bits per heavy atom. The Morgan fingerprint density at radius 2 is 1.61 bits per heavy atom. The molecule has 1 unspecified atom stereocenters. The van der Waals surface area contributed by atoms with Gasteiger partial charge in [-0.1, -0.05) is 84.9 Å². The van der Waals surface area contributed by atoms with Crippen molar-refractivity contribution < 1.29 is 0 Å². The summed E-state index contributed by atoms with van der Waals surface area (Å²) in [7, 11) is 1.91. The molecule has 1 spiro atoms. The number of thiocarbonyl (C=S) groups is 1. The number of nitrogens with one attached hydrogen (secondary N) is 1. The van der Waals surface area contributed by atoms with Crippen molar-refractivity contribution in [3.8, 4) is 5.69 Å². The minimum Gasteiger partial charge on any atom is -0.319 e. The van der Waals surface area contributed by atoms with Crippen molar-refractivity contribution >= 4 is 52.1 Å². The molecule has 1 aliphatic carbocycles. The maximum absolute atomic E-state index is 14.2. The van der Waals surface area contributed by atoms with Crippen molar-refractivity contribution in [2.75, 3.05) is 4.90 Å². The number of nitrogens with zero attached hydrogens (tertiary/aromatic N) is 4. The summed E-state index contributed by atoms with van der Waals surface area (Å²) in [6.07, 6.45) is 4.83. The average Bonchev–Trinajstić information content (AvgIpc) is 3.35. The smallest absolute Gasteiger partial charge is 0.295 e. The second kappa shape index (κ2) is 11.1. The lowest BCUT2D eigenvalue weighted by Crippen LogP contribution is -2.53. The molecule has 0 radical (unpaired) electrons. The number of halogens is 2. The van der Waals surface area contributed by atoms with Crippen LogP contribution in [0.1, 0.15) is 55.0 Å². The van der Waals surface area contributed by atoms with E-state index in [4.69, 9.17) is 40.4 Å². The van der Waals surface area contributed by atoms with Gasteiger partial charge in [-0.25, -0.2) is 4.68 Å². The van der Waals surface area contributed by atoms with E-state index in [1.54, 1.807) is 4.68 Å².